The van der Waals surface area contributed by atoms with Crippen LogP contribution in [-0.2, 0) is 4.79 Å². The Bertz CT molecular complexity index is 516. The second-order valence-corrected chi connectivity index (χ2v) is 4.47. The average Bonchev–Trinajstić information content (AvgIpc) is 2.37. The number of hydrogen-bond donors (Lipinski definition) is 0. The maximum atomic E-state index is 11.1. The van der Waals surface area contributed by atoms with E-state index in [9.17, 15) is 14.9 Å². The molecule has 1 aliphatic heterocycles. The molecular weight excluding hydrogens is 274 g/mol. The van der Waals surface area contributed by atoms with Gasteiger partial charge < -0.3 is 9.80 Å². The number of aryl methyl sites for hydroxylation is 1. The SMILES string of the molecule is Cc1nc(Cl)nc(N2CCN(C=O)CC2)c1[N+](=O)[O-]. The van der Waals surface area contributed by atoms with E-state index in [1.807, 2.05) is 0 Å². The molecule has 1 aromatic heterocycles. The predicted molar refractivity (Wildman–Crippen MR) is 68.3 cm³/mol. The van der Waals surface area contributed by atoms with E-state index in [1.165, 1.54) is 6.92 Å². The molecule has 0 radical (unpaired) electrons. The molecule has 1 saturated heterocycles. The van der Waals surface area contributed by atoms with E-state index in [-0.39, 0.29) is 22.5 Å². The number of anilines is 1. The highest BCUT2D eigenvalue weighted by molar-refractivity contribution is 6.28. The topological polar surface area (TPSA) is 92.5 Å². The number of aromatic nitrogens is 2. The zero-order valence-electron chi connectivity index (χ0n) is 10.2. The monoisotopic (exact) mass is 285 g/mol. The highest BCUT2D eigenvalue weighted by Crippen LogP contribution is 2.30. The number of carbonyl (C=O) groups excluding carboxylic acids is 1. The summed E-state index contributed by atoms with van der Waals surface area (Å²) in [6, 6.07) is 0. The van der Waals surface area contributed by atoms with Crippen LogP contribution in [0.2, 0.25) is 5.28 Å². The highest BCUT2D eigenvalue weighted by Gasteiger charge is 2.28. The molecule has 1 amide bonds. The van der Waals surface area contributed by atoms with Gasteiger partial charge in [-0.25, -0.2) is 4.98 Å². The van der Waals surface area contributed by atoms with Crippen LogP contribution >= 0.6 is 11.6 Å². The van der Waals surface area contributed by atoms with Crippen molar-refractivity contribution in [1.29, 1.82) is 0 Å². The third-order valence-electron chi connectivity index (χ3n) is 2.96. The Morgan fingerprint density at radius 2 is 1.95 bits per heavy atom. The molecule has 1 aromatic rings. The van der Waals surface area contributed by atoms with Crippen molar-refractivity contribution in [3.8, 4) is 0 Å². The molecule has 0 saturated carbocycles. The Kier molecular flexibility index (Phi) is 3.79. The van der Waals surface area contributed by atoms with Crippen molar-refractivity contribution in [3.05, 3.63) is 21.1 Å². The number of halogens is 1. The van der Waals surface area contributed by atoms with Crippen LogP contribution in [0.15, 0.2) is 0 Å². The van der Waals surface area contributed by atoms with Crippen molar-refractivity contribution in [1.82, 2.24) is 14.9 Å². The Balaban J connectivity index is 2.34. The van der Waals surface area contributed by atoms with Crippen LogP contribution in [0.25, 0.3) is 0 Å². The number of piperazine rings is 1. The first kappa shape index (κ1) is 13.5. The highest BCUT2D eigenvalue weighted by atomic mass is 35.5. The van der Waals surface area contributed by atoms with Gasteiger partial charge in [0.25, 0.3) is 0 Å². The lowest BCUT2D eigenvalue weighted by Gasteiger charge is -2.32. The van der Waals surface area contributed by atoms with E-state index < -0.39 is 4.92 Å². The molecule has 2 heterocycles. The second-order valence-electron chi connectivity index (χ2n) is 4.14. The van der Waals surface area contributed by atoms with E-state index in [0.29, 0.717) is 26.2 Å². The normalized spacial score (nSPS) is 15.5. The smallest absolute Gasteiger partial charge is 0.332 e. The summed E-state index contributed by atoms with van der Waals surface area (Å²) in [4.78, 5) is 32.4. The molecule has 2 rings (SSSR count). The van der Waals surface area contributed by atoms with Crippen LogP contribution in [0.1, 0.15) is 5.69 Å². The molecule has 19 heavy (non-hydrogen) atoms. The van der Waals surface area contributed by atoms with Crippen LogP contribution in [0.5, 0.6) is 0 Å². The maximum absolute atomic E-state index is 11.1. The molecule has 0 aromatic carbocycles. The van der Waals surface area contributed by atoms with E-state index in [2.05, 4.69) is 9.97 Å². The Labute approximate surface area is 114 Å². The average molecular weight is 286 g/mol. The first-order valence-corrected chi connectivity index (χ1v) is 6.03. The molecular formula is C10H12ClN5O3. The minimum absolute atomic E-state index is 0.0177. The van der Waals surface area contributed by atoms with Crippen molar-refractivity contribution in [3.63, 3.8) is 0 Å². The number of carbonyl (C=O) groups is 1. The Morgan fingerprint density at radius 1 is 1.32 bits per heavy atom. The van der Waals surface area contributed by atoms with E-state index >= 15 is 0 Å². The van der Waals surface area contributed by atoms with Crippen molar-refractivity contribution < 1.29 is 9.72 Å². The van der Waals surface area contributed by atoms with Gasteiger partial charge in [-0.2, -0.15) is 4.98 Å². The lowest BCUT2D eigenvalue weighted by molar-refractivity contribution is -0.385. The third kappa shape index (κ3) is 2.73. The number of hydrogen-bond acceptors (Lipinski definition) is 6. The molecule has 8 nitrogen and oxygen atoms in total. The molecule has 0 bridgehead atoms. The van der Waals surface area contributed by atoms with Gasteiger partial charge in [0, 0.05) is 26.2 Å². The van der Waals surface area contributed by atoms with Gasteiger partial charge in [0.15, 0.2) is 0 Å². The van der Waals surface area contributed by atoms with Crippen LogP contribution in [0.3, 0.4) is 0 Å². The van der Waals surface area contributed by atoms with E-state index in [4.69, 9.17) is 11.6 Å². The van der Waals surface area contributed by atoms with Gasteiger partial charge in [-0.05, 0) is 18.5 Å². The number of rotatable bonds is 3. The zero-order chi connectivity index (χ0) is 14.0. The first-order chi connectivity index (χ1) is 9.02. The fourth-order valence-corrected chi connectivity index (χ4v) is 2.20. The van der Waals surface area contributed by atoms with Gasteiger partial charge >= 0.3 is 5.69 Å². The minimum atomic E-state index is -0.507. The summed E-state index contributed by atoms with van der Waals surface area (Å²) >= 11 is 5.76. The summed E-state index contributed by atoms with van der Waals surface area (Å²) in [5.41, 5.74) is 0.0989. The van der Waals surface area contributed by atoms with Gasteiger partial charge in [0.05, 0.1) is 4.92 Å². The molecule has 102 valence electrons. The summed E-state index contributed by atoms with van der Waals surface area (Å²) < 4.78 is 0. The quantitative estimate of drug-likeness (QED) is 0.350. The predicted octanol–water partition coefficient (Wildman–Crippen LogP) is 0.625. The van der Waals surface area contributed by atoms with Crippen LogP contribution < -0.4 is 4.90 Å². The van der Waals surface area contributed by atoms with Crippen molar-refractivity contribution in [2.24, 2.45) is 0 Å². The van der Waals surface area contributed by atoms with Crippen LogP contribution in [0, 0.1) is 17.0 Å². The Hall–Kier alpha value is -1.96. The second kappa shape index (κ2) is 5.35. The van der Waals surface area contributed by atoms with Crippen molar-refractivity contribution >= 4 is 29.5 Å². The fourth-order valence-electron chi connectivity index (χ4n) is 1.99. The number of nitro groups is 1. The summed E-state index contributed by atoms with van der Waals surface area (Å²) in [5, 5.41) is 11.1. The van der Waals surface area contributed by atoms with E-state index in [0.717, 1.165) is 6.41 Å². The van der Waals surface area contributed by atoms with Gasteiger partial charge in [-0.3, -0.25) is 14.9 Å². The Morgan fingerprint density at radius 3 is 2.47 bits per heavy atom. The first-order valence-electron chi connectivity index (χ1n) is 5.65. The summed E-state index contributed by atoms with van der Waals surface area (Å²) in [6.07, 6.45) is 0.768. The van der Waals surface area contributed by atoms with Gasteiger partial charge in [0.1, 0.15) is 5.69 Å². The standard InChI is InChI=1S/C10H12ClN5O3/c1-7-8(16(18)19)9(13-10(11)12-7)15-4-2-14(6-17)3-5-15/h6H,2-5H2,1H3. The molecule has 0 atom stereocenters. The minimum Gasteiger partial charge on any atom is -0.347 e. The van der Waals surface area contributed by atoms with Crippen LogP contribution in [0.4, 0.5) is 11.5 Å². The lowest BCUT2D eigenvalue weighted by atomic mass is 10.3. The summed E-state index contributed by atoms with van der Waals surface area (Å²) in [7, 11) is 0. The molecule has 0 N–H and O–H groups in total. The summed E-state index contributed by atoms with van der Waals surface area (Å²) in [6.45, 7) is 3.48. The number of nitrogens with zero attached hydrogens (tertiary/aromatic N) is 5. The van der Waals surface area contributed by atoms with Gasteiger partial charge in [0.2, 0.25) is 17.5 Å². The van der Waals surface area contributed by atoms with Crippen molar-refractivity contribution in [2.75, 3.05) is 31.1 Å². The molecule has 0 aliphatic carbocycles. The zero-order valence-corrected chi connectivity index (χ0v) is 11.0. The largest absolute Gasteiger partial charge is 0.347 e. The fraction of sp³-hybridized carbons (Fsp3) is 0.500. The molecule has 1 aliphatic rings. The van der Waals surface area contributed by atoms with Crippen LogP contribution in [-0.4, -0.2) is 52.4 Å². The number of amides is 1. The molecule has 1 fully saturated rings. The molecule has 0 spiro atoms. The maximum Gasteiger partial charge on any atom is 0.332 e. The lowest BCUT2D eigenvalue weighted by Crippen LogP contribution is -2.46. The van der Waals surface area contributed by atoms with Gasteiger partial charge in [-0.15, -0.1) is 0 Å². The van der Waals surface area contributed by atoms with E-state index in [1.54, 1.807) is 9.80 Å². The third-order valence-corrected chi connectivity index (χ3v) is 3.13. The van der Waals surface area contributed by atoms with Crippen molar-refractivity contribution in [2.45, 2.75) is 6.92 Å². The summed E-state index contributed by atoms with van der Waals surface area (Å²) in [5.74, 6) is 0.216. The molecule has 9 heteroatoms. The van der Waals surface area contributed by atoms with Gasteiger partial charge in [-0.1, -0.05) is 0 Å². The molecule has 0 unspecified atom stereocenters.